The van der Waals surface area contributed by atoms with E-state index in [4.69, 9.17) is 0 Å². The Balaban J connectivity index is 0.00000180. The van der Waals surface area contributed by atoms with Gasteiger partial charge in [-0.25, -0.2) is 0 Å². The first-order valence-corrected chi connectivity index (χ1v) is 6.99. The van der Waals surface area contributed by atoms with E-state index in [0.717, 1.165) is 45.6 Å². The number of hydrogen-bond acceptors (Lipinski definition) is 3. The first-order chi connectivity index (χ1) is 8.72. The van der Waals surface area contributed by atoms with Gasteiger partial charge in [-0.3, -0.25) is 9.59 Å². The summed E-state index contributed by atoms with van der Waals surface area (Å²) in [6.45, 7) is 6.69. The number of piperazine rings is 1. The Kier molecular flexibility index (Phi) is 6.58. The standard InChI is InChI=1S/C13H23N3O2.ClH/c1-2-12(17)16-7-3-4-11(10-16)13(18)15-8-5-14-6-9-15;/h11,14H,2-10H2,1H3;1H. The maximum Gasteiger partial charge on any atom is 0.227 e. The molecule has 110 valence electrons. The minimum absolute atomic E-state index is 0. The van der Waals surface area contributed by atoms with Crippen LogP contribution in [0.3, 0.4) is 0 Å². The van der Waals surface area contributed by atoms with Gasteiger partial charge < -0.3 is 15.1 Å². The summed E-state index contributed by atoms with van der Waals surface area (Å²) in [5.41, 5.74) is 0. The van der Waals surface area contributed by atoms with Crippen LogP contribution in [0.15, 0.2) is 0 Å². The van der Waals surface area contributed by atoms with Crippen molar-refractivity contribution < 1.29 is 9.59 Å². The van der Waals surface area contributed by atoms with E-state index in [1.165, 1.54) is 0 Å². The molecule has 2 amide bonds. The highest BCUT2D eigenvalue weighted by atomic mass is 35.5. The molecule has 1 N–H and O–H groups in total. The summed E-state index contributed by atoms with van der Waals surface area (Å²) in [6.07, 6.45) is 2.42. The highest BCUT2D eigenvalue weighted by molar-refractivity contribution is 5.85. The fraction of sp³-hybridized carbons (Fsp3) is 0.846. The number of carbonyl (C=O) groups excluding carboxylic acids is 2. The van der Waals surface area contributed by atoms with Crippen molar-refractivity contribution in [3.63, 3.8) is 0 Å². The molecule has 0 aromatic rings. The van der Waals surface area contributed by atoms with E-state index in [9.17, 15) is 9.59 Å². The molecule has 2 rings (SSSR count). The molecule has 1 unspecified atom stereocenters. The van der Waals surface area contributed by atoms with E-state index >= 15 is 0 Å². The molecule has 2 fully saturated rings. The van der Waals surface area contributed by atoms with Crippen molar-refractivity contribution in [2.75, 3.05) is 39.3 Å². The molecule has 0 aromatic carbocycles. The topological polar surface area (TPSA) is 52.7 Å². The lowest BCUT2D eigenvalue weighted by Gasteiger charge is -2.36. The summed E-state index contributed by atoms with van der Waals surface area (Å²) in [4.78, 5) is 27.9. The molecule has 0 saturated carbocycles. The van der Waals surface area contributed by atoms with Crippen LogP contribution in [0.5, 0.6) is 0 Å². The Labute approximate surface area is 121 Å². The molecule has 0 spiro atoms. The van der Waals surface area contributed by atoms with Gasteiger partial charge in [0.15, 0.2) is 0 Å². The van der Waals surface area contributed by atoms with Gasteiger partial charge in [-0.05, 0) is 12.8 Å². The number of amides is 2. The van der Waals surface area contributed by atoms with Gasteiger partial charge in [0.25, 0.3) is 0 Å². The van der Waals surface area contributed by atoms with Crippen molar-refractivity contribution in [1.82, 2.24) is 15.1 Å². The van der Waals surface area contributed by atoms with Crippen LogP contribution in [-0.2, 0) is 9.59 Å². The fourth-order valence-electron chi connectivity index (χ4n) is 2.77. The van der Waals surface area contributed by atoms with Crippen LogP contribution in [0, 0.1) is 5.92 Å². The van der Waals surface area contributed by atoms with Crippen LogP contribution in [0.4, 0.5) is 0 Å². The van der Waals surface area contributed by atoms with Gasteiger partial charge in [0, 0.05) is 45.7 Å². The number of rotatable bonds is 2. The summed E-state index contributed by atoms with van der Waals surface area (Å²) in [5.74, 6) is 0.435. The number of carbonyl (C=O) groups is 2. The van der Waals surface area contributed by atoms with Crippen LogP contribution >= 0.6 is 12.4 Å². The molecule has 6 heteroatoms. The van der Waals surface area contributed by atoms with Gasteiger partial charge in [0.2, 0.25) is 11.8 Å². The number of nitrogens with one attached hydrogen (secondary N) is 1. The molecular formula is C13H24ClN3O2. The normalized spacial score (nSPS) is 23.7. The average molecular weight is 290 g/mol. The van der Waals surface area contributed by atoms with E-state index < -0.39 is 0 Å². The van der Waals surface area contributed by atoms with Crippen molar-refractivity contribution in [2.24, 2.45) is 5.92 Å². The van der Waals surface area contributed by atoms with Crippen molar-refractivity contribution in [1.29, 1.82) is 0 Å². The molecule has 19 heavy (non-hydrogen) atoms. The Bertz CT molecular complexity index is 319. The molecule has 2 saturated heterocycles. The Morgan fingerprint density at radius 1 is 1.16 bits per heavy atom. The number of likely N-dealkylation sites (tertiary alicyclic amines) is 1. The molecule has 1 atom stereocenters. The van der Waals surface area contributed by atoms with Gasteiger partial charge in [-0.2, -0.15) is 0 Å². The predicted octanol–water partition coefficient (Wildman–Crippen LogP) is 0.489. The summed E-state index contributed by atoms with van der Waals surface area (Å²) in [5, 5.41) is 3.25. The quantitative estimate of drug-likeness (QED) is 0.805. The first-order valence-electron chi connectivity index (χ1n) is 6.99. The highest BCUT2D eigenvalue weighted by Crippen LogP contribution is 2.19. The van der Waals surface area contributed by atoms with Gasteiger partial charge in [-0.1, -0.05) is 6.92 Å². The summed E-state index contributed by atoms with van der Waals surface area (Å²) >= 11 is 0. The lowest BCUT2D eigenvalue weighted by atomic mass is 9.96. The SMILES string of the molecule is CCC(=O)N1CCCC(C(=O)N2CCNCC2)C1.Cl. The van der Waals surface area contributed by atoms with Gasteiger partial charge >= 0.3 is 0 Å². The van der Waals surface area contributed by atoms with Crippen LogP contribution in [0.2, 0.25) is 0 Å². The second kappa shape index (κ2) is 7.70. The molecule has 5 nitrogen and oxygen atoms in total. The van der Waals surface area contributed by atoms with Crippen molar-refractivity contribution >= 4 is 24.2 Å². The van der Waals surface area contributed by atoms with Crippen LogP contribution in [0.25, 0.3) is 0 Å². The Hall–Kier alpha value is -0.810. The second-order valence-electron chi connectivity index (χ2n) is 5.11. The van der Waals surface area contributed by atoms with Gasteiger partial charge in [-0.15, -0.1) is 12.4 Å². The van der Waals surface area contributed by atoms with E-state index in [0.29, 0.717) is 13.0 Å². The zero-order chi connectivity index (χ0) is 13.0. The third-order valence-corrected chi connectivity index (χ3v) is 3.85. The molecule has 2 heterocycles. The number of piperidine rings is 1. The third-order valence-electron chi connectivity index (χ3n) is 3.85. The summed E-state index contributed by atoms with van der Waals surface area (Å²) in [6, 6.07) is 0. The van der Waals surface area contributed by atoms with Crippen LogP contribution < -0.4 is 5.32 Å². The van der Waals surface area contributed by atoms with Crippen molar-refractivity contribution in [3.8, 4) is 0 Å². The highest BCUT2D eigenvalue weighted by Gasteiger charge is 2.31. The van der Waals surface area contributed by atoms with Gasteiger partial charge in [0.05, 0.1) is 5.92 Å². The van der Waals surface area contributed by atoms with Crippen molar-refractivity contribution in [2.45, 2.75) is 26.2 Å². The average Bonchev–Trinajstić information content (AvgIpc) is 2.46. The lowest BCUT2D eigenvalue weighted by Crippen LogP contribution is -2.51. The Morgan fingerprint density at radius 3 is 2.47 bits per heavy atom. The molecule has 2 aliphatic rings. The maximum absolute atomic E-state index is 12.4. The van der Waals surface area contributed by atoms with E-state index in [-0.39, 0.29) is 30.1 Å². The smallest absolute Gasteiger partial charge is 0.227 e. The van der Waals surface area contributed by atoms with E-state index in [2.05, 4.69) is 5.32 Å². The predicted molar refractivity (Wildman–Crippen MR) is 76.3 cm³/mol. The molecule has 0 aromatic heterocycles. The molecule has 0 aliphatic carbocycles. The lowest BCUT2D eigenvalue weighted by molar-refractivity contribution is -0.141. The number of halogens is 1. The molecule has 0 radical (unpaired) electrons. The zero-order valence-electron chi connectivity index (χ0n) is 11.6. The largest absolute Gasteiger partial charge is 0.342 e. The molecule has 2 aliphatic heterocycles. The third kappa shape index (κ3) is 4.08. The van der Waals surface area contributed by atoms with E-state index in [1.807, 2.05) is 16.7 Å². The number of nitrogens with zero attached hydrogens (tertiary/aromatic N) is 2. The minimum atomic E-state index is 0. The maximum atomic E-state index is 12.4. The monoisotopic (exact) mass is 289 g/mol. The number of hydrogen-bond donors (Lipinski definition) is 1. The fourth-order valence-corrected chi connectivity index (χ4v) is 2.77. The Morgan fingerprint density at radius 2 is 1.84 bits per heavy atom. The van der Waals surface area contributed by atoms with Crippen LogP contribution in [0.1, 0.15) is 26.2 Å². The minimum Gasteiger partial charge on any atom is -0.342 e. The first kappa shape index (κ1) is 16.2. The summed E-state index contributed by atoms with van der Waals surface area (Å²) in [7, 11) is 0. The van der Waals surface area contributed by atoms with Gasteiger partial charge in [0.1, 0.15) is 0 Å². The second-order valence-corrected chi connectivity index (χ2v) is 5.11. The molecular weight excluding hydrogens is 266 g/mol. The van der Waals surface area contributed by atoms with Crippen LogP contribution in [-0.4, -0.2) is 60.9 Å². The summed E-state index contributed by atoms with van der Waals surface area (Å²) < 4.78 is 0. The van der Waals surface area contributed by atoms with E-state index in [1.54, 1.807) is 0 Å². The van der Waals surface area contributed by atoms with Crippen molar-refractivity contribution in [3.05, 3.63) is 0 Å². The zero-order valence-corrected chi connectivity index (χ0v) is 12.4. The molecule has 0 bridgehead atoms.